The van der Waals surface area contributed by atoms with E-state index in [1.807, 2.05) is 71.9 Å². The largest absolute Gasteiger partial charge is 0.444 e. The van der Waals surface area contributed by atoms with E-state index in [0.717, 1.165) is 11.1 Å². The minimum absolute atomic E-state index is 0.0458. The van der Waals surface area contributed by atoms with Crippen molar-refractivity contribution in [3.8, 4) is 0 Å². The van der Waals surface area contributed by atoms with Gasteiger partial charge in [-0.2, -0.15) is 8.42 Å². The molecule has 17 heteroatoms. The van der Waals surface area contributed by atoms with Crippen molar-refractivity contribution in [1.82, 2.24) is 25.3 Å². The summed E-state index contributed by atoms with van der Waals surface area (Å²) in [7, 11) is 1.94. The Morgan fingerprint density at radius 1 is 0.838 bits per heavy atom. The van der Waals surface area contributed by atoms with Crippen molar-refractivity contribution in [2.24, 2.45) is 23.7 Å². The van der Waals surface area contributed by atoms with Crippen molar-refractivity contribution in [1.29, 1.82) is 0 Å². The molecular weight excluding hydrogens is 891 g/mol. The summed E-state index contributed by atoms with van der Waals surface area (Å²) in [6, 6.07) is 12.7. The first kappa shape index (κ1) is 57.7. The maximum absolute atomic E-state index is 14.6. The second kappa shape index (κ2) is 25.9. The summed E-state index contributed by atoms with van der Waals surface area (Å²) in [5, 5.41) is 6.20. The van der Waals surface area contributed by atoms with E-state index in [2.05, 4.69) is 10.6 Å². The SMILES string of the molecule is CC[C@H](C)[C@@H]([C@@H](CC(=O)N1CCC[C@H]1[C@H](OC)[C@@H](C)C(=O)N[C@H](CCc1ccc(S(=O)(=O)O)cc1)Cc1ccccc1)OC)N(C)C(=O)[C@@H](NC(=O)[C@H](C(C)C)N(C)C(=O)OC(C)(C)C)C(C)C. The first-order valence-corrected chi connectivity index (χ1v) is 25.5. The van der Waals surface area contributed by atoms with Crippen LogP contribution in [0.5, 0.6) is 0 Å². The summed E-state index contributed by atoms with van der Waals surface area (Å²) in [5.41, 5.74) is 1.11. The molecule has 382 valence electrons. The van der Waals surface area contributed by atoms with Gasteiger partial charge in [0.15, 0.2) is 0 Å². The quantitative estimate of drug-likeness (QED) is 0.0965. The first-order chi connectivity index (χ1) is 31.8. The molecule has 0 aromatic heterocycles. The molecule has 2 aromatic rings. The van der Waals surface area contributed by atoms with Crippen LogP contribution in [-0.2, 0) is 56.3 Å². The van der Waals surface area contributed by atoms with Gasteiger partial charge in [0.25, 0.3) is 10.1 Å². The van der Waals surface area contributed by atoms with Crippen LogP contribution in [0, 0.1) is 23.7 Å². The van der Waals surface area contributed by atoms with Crippen LogP contribution in [0.2, 0.25) is 0 Å². The summed E-state index contributed by atoms with van der Waals surface area (Å²) in [6.07, 6.45) is 1.58. The van der Waals surface area contributed by atoms with Crippen molar-refractivity contribution < 1.29 is 51.2 Å². The van der Waals surface area contributed by atoms with Crippen LogP contribution in [0.3, 0.4) is 0 Å². The highest BCUT2D eigenvalue weighted by Gasteiger charge is 2.44. The zero-order valence-electron chi connectivity index (χ0n) is 43.0. The van der Waals surface area contributed by atoms with Gasteiger partial charge in [-0.1, -0.05) is 97.4 Å². The van der Waals surface area contributed by atoms with Gasteiger partial charge >= 0.3 is 6.09 Å². The van der Waals surface area contributed by atoms with E-state index in [-0.39, 0.29) is 52.8 Å². The van der Waals surface area contributed by atoms with Crippen LogP contribution in [0.25, 0.3) is 0 Å². The molecule has 0 unspecified atom stereocenters. The number of carbonyl (C=O) groups excluding carboxylic acids is 5. The Balaban J connectivity index is 1.81. The van der Waals surface area contributed by atoms with Crippen LogP contribution in [0.15, 0.2) is 59.5 Å². The lowest BCUT2D eigenvalue weighted by Gasteiger charge is -2.41. The number of ether oxygens (including phenoxy) is 3. The van der Waals surface area contributed by atoms with Gasteiger partial charge in [0.1, 0.15) is 17.7 Å². The molecule has 16 nitrogen and oxygen atoms in total. The van der Waals surface area contributed by atoms with E-state index >= 15 is 0 Å². The van der Waals surface area contributed by atoms with E-state index < -0.39 is 70.0 Å². The fourth-order valence-electron chi connectivity index (χ4n) is 9.28. The van der Waals surface area contributed by atoms with Crippen molar-refractivity contribution in [3.63, 3.8) is 0 Å². The van der Waals surface area contributed by atoms with Crippen LogP contribution in [-0.4, -0.2) is 140 Å². The van der Waals surface area contributed by atoms with Gasteiger partial charge in [-0.15, -0.1) is 0 Å². The molecule has 3 N–H and O–H groups in total. The number of nitrogens with one attached hydrogen (secondary N) is 2. The van der Waals surface area contributed by atoms with Crippen LogP contribution in [0.1, 0.15) is 112 Å². The number of nitrogens with zero attached hydrogens (tertiary/aromatic N) is 3. The van der Waals surface area contributed by atoms with Gasteiger partial charge in [-0.05, 0) is 93.9 Å². The molecule has 0 spiro atoms. The maximum atomic E-state index is 14.6. The van der Waals surface area contributed by atoms with Crippen LogP contribution in [0.4, 0.5) is 4.79 Å². The van der Waals surface area contributed by atoms with Crippen molar-refractivity contribution >= 4 is 39.8 Å². The Kier molecular flexibility index (Phi) is 22.0. The van der Waals surface area contributed by atoms with E-state index in [1.165, 1.54) is 31.2 Å². The number of carbonyl (C=O) groups is 5. The molecule has 9 atom stereocenters. The average molecular weight is 972 g/mol. The molecule has 1 aliphatic heterocycles. The standard InChI is InChI=1S/C51H81N5O11S/c1-15-34(6)45(54(11)49(60)43(32(2)3)53-48(59)44(33(4)5)55(12)50(61)67-51(8,9)10)41(65-13)31-42(57)56-29-19-22-40(56)46(66-14)35(7)47(58)52-38(30-37-20-17-16-18-21-37)26-23-36-24-27-39(28-25-36)68(62,63)64/h16-18,20-21,24-25,27-28,32-35,38,40-41,43-46H,15,19,22-23,26,29-31H2,1-14H3,(H,52,58)(H,53,59)(H,62,63,64)/t34-,35+,38+,40-,41+,43-,44-,45-,46+/m0/s1. The van der Waals surface area contributed by atoms with Crippen LogP contribution < -0.4 is 10.6 Å². The van der Waals surface area contributed by atoms with Crippen molar-refractivity contribution in [2.75, 3.05) is 34.9 Å². The summed E-state index contributed by atoms with van der Waals surface area (Å²) in [6.45, 7) is 18.9. The third-order valence-corrected chi connectivity index (χ3v) is 14.0. The monoisotopic (exact) mass is 972 g/mol. The van der Waals surface area contributed by atoms with Gasteiger partial charge in [0, 0.05) is 40.9 Å². The Bertz CT molecular complexity index is 2060. The van der Waals surface area contributed by atoms with E-state index in [1.54, 1.807) is 63.8 Å². The number of rotatable bonds is 24. The maximum Gasteiger partial charge on any atom is 0.410 e. The third-order valence-electron chi connectivity index (χ3n) is 13.2. The molecule has 0 radical (unpaired) electrons. The van der Waals surface area contributed by atoms with Gasteiger partial charge in [-0.3, -0.25) is 28.6 Å². The Morgan fingerprint density at radius 2 is 1.46 bits per heavy atom. The molecule has 68 heavy (non-hydrogen) atoms. The molecule has 1 saturated heterocycles. The van der Waals surface area contributed by atoms with Gasteiger partial charge in [-0.25, -0.2) is 4.79 Å². The van der Waals surface area contributed by atoms with Crippen LogP contribution >= 0.6 is 0 Å². The second-order valence-electron chi connectivity index (χ2n) is 20.2. The van der Waals surface area contributed by atoms with E-state index in [4.69, 9.17) is 14.2 Å². The fraction of sp³-hybridized carbons (Fsp3) is 0.667. The lowest BCUT2D eigenvalue weighted by atomic mass is 9.89. The highest BCUT2D eigenvalue weighted by molar-refractivity contribution is 7.85. The second-order valence-corrected chi connectivity index (χ2v) is 21.6. The molecule has 2 aromatic carbocycles. The molecule has 1 heterocycles. The Hall–Kier alpha value is -4.58. The molecule has 0 bridgehead atoms. The molecule has 5 amide bonds. The summed E-state index contributed by atoms with van der Waals surface area (Å²) < 4.78 is 50.3. The number of aryl methyl sites for hydroxylation is 1. The molecule has 0 saturated carbocycles. The fourth-order valence-corrected chi connectivity index (χ4v) is 9.76. The number of likely N-dealkylation sites (tertiary alicyclic amines) is 1. The number of amides is 5. The minimum atomic E-state index is -4.32. The Labute approximate surface area is 406 Å². The Morgan fingerprint density at radius 3 is 1.97 bits per heavy atom. The summed E-state index contributed by atoms with van der Waals surface area (Å²) in [4.78, 5) is 74.7. The topological polar surface area (TPSA) is 201 Å². The zero-order valence-corrected chi connectivity index (χ0v) is 43.8. The normalized spacial score (nSPS) is 17.9. The minimum Gasteiger partial charge on any atom is -0.444 e. The molecular formula is C51H81N5O11S. The average Bonchev–Trinajstić information content (AvgIpc) is 3.76. The number of likely N-dealkylation sites (N-methyl/N-ethyl adjacent to an activating group) is 2. The zero-order chi connectivity index (χ0) is 51.3. The molecule has 1 aliphatic rings. The molecule has 1 fully saturated rings. The number of hydrogen-bond donors (Lipinski definition) is 3. The lowest BCUT2D eigenvalue weighted by Crippen LogP contribution is -2.60. The predicted molar refractivity (Wildman–Crippen MR) is 262 cm³/mol. The third kappa shape index (κ3) is 16.3. The highest BCUT2D eigenvalue weighted by atomic mass is 32.2. The lowest BCUT2D eigenvalue weighted by molar-refractivity contribution is -0.148. The van der Waals surface area contributed by atoms with E-state index in [9.17, 15) is 36.9 Å². The van der Waals surface area contributed by atoms with Crippen molar-refractivity contribution in [2.45, 2.75) is 167 Å². The smallest absolute Gasteiger partial charge is 0.410 e. The highest BCUT2D eigenvalue weighted by Crippen LogP contribution is 2.30. The summed E-state index contributed by atoms with van der Waals surface area (Å²) in [5.74, 6) is -2.65. The number of hydrogen-bond acceptors (Lipinski definition) is 10. The van der Waals surface area contributed by atoms with E-state index in [0.29, 0.717) is 45.1 Å². The van der Waals surface area contributed by atoms with Gasteiger partial charge in [0.2, 0.25) is 23.6 Å². The van der Waals surface area contributed by atoms with Crippen molar-refractivity contribution in [3.05, 3.63) is 65.7 Å². The number of benzene rings is 2. The number of methoxy groups -OCH3 is 2. The first-order valence-electron chi connectivity index (χ1n) is 24.0. The van der Waals surface area contributed by atoms with Gasteiger partial charge < -0.3 is 34.6 Å². The summed E-state index contributed by atoms with van der Waals surface area (Å²) >= 11 is 0. The van der Waals surface area contributed by atoms with Gasteiger partial charge in [0.05, 0.1) is 41.5 Å². The predicted octanol–water partition coefficient (Wildman–Crippen LogP) is 6.55. The molecule has 0 aliphatic carbocycles. The molecule has 3 rings (SSSR count).